The number of nitrogens with zero attached hydrogens (tertiary/aromatic N) is 2. The van der Waals surface area contributed by atoms with Crippen molar-refractivity contribution in [1.82, 2.24) is 9.78 Å². The number of hydrogen-bond acceptors (Lipinski definition) is 2. The van der Waals surface area contributed by atoms with Gasteiger partial charge in [-0.2, -0.15) is 5.10 Å². The maximum atomic E-state index is 9.10. The average molecular weight is 182 g/mol. The van der Waals surface area contributed by atoms with E-state index in [1.165, 1.54) is 0 Å². The summed E-state index contributed by atoms with van der Waals surface area (Å²) in [4.78, 5) is 0. The number of aromatic nitrogens is 2. The third-order valence-corrected chi connectivity index (χ3v) is 2.01. The maximum Gasteiger partial charge on any atom is 0.0625 e. The van der Waals surface area contributed by atoms with Gasteiger partial charge in [-0.25, -0.2) is 0 Å². The van der Waals surface area contributed by atoms with Gasteiger partial charge in [0.2, 0.25) is 0 Å². The summed E-state index contributed by atoms with van der Waals surface area (Å²) in [5.41, 5.74) is 1.06. The van der Waals surface area contributed by atoms with Crippen LogP contribution in [0.25, 0.3) is 0 Å². The third-order valence-electron chi connectivity index (χ3n) is 2.01. The van der Waals surface area contributed by atoms with Crippen LogP contribution in [-0.4, -0.2) is 21.0 Å². The Balaban J connectivity index is 2.49. The lowest BCUT2D eigenvalue weighted by atomic mass is 10.2. The number of aryl methyl sites for hydroxylation is 1. The standard InChI is InChI=1S/C10H18N2O/c1-8(2)12-7-6-10(11-12)5-4-9(3)13/h6-9,13H,4-5H2,1-3H3. The van der Waals surface area contributed by atoms with E-state index in [-0.39, 0.29) is 6.10 Å². The Hall–Kier alpha value is -0.830. The van der Waals surface area contributed by atoms with Gasteiger partial charge in [-0.15, -0.1) is 0 Å². The number of aliphatic hydroxyl groups is 1. The second-order valence-electron chi connectivity index (χ2n) is 3.77. The van der Waals surface area contributed by atoms with E-state index in [0.29, 0.717) is 6.04 Å². The van der Waals surface area contributed by atoms with E-state index in [9.17, 15) is 0 Å². The van der Waals surface area contributed by atoms with E-state index in [1.54, 1.807) is 6.92 Å². The molecule has 0 amide bonds. The van der Waals surface area contributed by atoms with Gasteiger partial charge in [-0.1, -0.05) is 0 Å². The van der Waals surface area contributed by atoms with E-state index >= 15 is 0 Å². The number of hydrogen-bond donors (Lipinski definition) is 1. The summed E-state index contributed by atoms with van der Waals surface area (Å²) in [6.07, 6.45) is 3.40. The molecule has 1 rings (SSSR count). The first-order chi connectivity index (χ1) is 6.09. The molecule has 0 aliphatic rings. The number of rotatable bonds is 4. The summed E-state index contributed by atoms with van der Waals surface area (Å²) in [7, 11) is 0. The molecule has 0 saturated carbocycles. The number of aliphatic hydroxyl groups excluding tert-OH is 1. The lowest BCUT2D eigenvalue weighted by Crippen LogP contribution is -2.04. The predicted octanol–water partition coefficient (Wildman–Crippen LogP) is 1.78. The van der Waals surface area contributed by atoms with Crippen molar-refractivity contribution in [3.05, 3.63) is 18.0 Å². The largest absolute Gasteiger partial charge is 0.393 e. The Labute approximate surface area is 79.4 Å². The van der Waals surface area contributed by atoms with Crippen molar-refractivity contribution in [3.8, 4) is 0 Å². The van der Waals surface area contributed by atoms with Gasteiger partial charge in [0.05, 0.1) is 11.8 Å². The normalized spacial score (nSPS) is 13.6. The fourth-order valence-corrected chi connectivity index (χ4v) is 1.16. The Kier molecular flexibility index (Phi) is 3.48. The van der Waals surface area contributed by atoms with Crippen LogP contribution in [-0.2, 0) is 6.42 Å². The molecule has 0 radical (unpaired) electrons. The minimum absolute atomic E-state index is 0.232. The highest BCUT2D eigenvalue weighted by Crippen LogP contribution is 2.06. The highest BCUT2D eigenvalue weighted by molar-refractivity contribution is 4.99. The van der Waals surface area contributed by atoms with Gasteiger partial charge in [0, 0.05) is 12.2 Å². The molecule has 0 aliphatic heterocycles. The smallest absolute Gasteiger partial charge is 0.0625 e. The van der Waals surface area contributed by atoms with Gasteiger partial charge in [0.1, 0.15) is 0 Å². The van der Waals surface area contributed by atoms with Crippen molar-refractivity contribution in [2.24, 2.45) is 0 Å². The highest BCUT2D eigenvalue weighted by Gasteiger charge is 2.03. The van der Waals surface area contributed by atoms with Crippen LogP contribution in [0, 0.1) is 0 Å². The molecule has 13 heavy (non-hydrogen) atoms. The summed E-state index contributed by atoms with van der Waals surface area (Å²) in [5, 5.41) is 13.5. The second-order valence-corrected chi connectivity index (χ2v) is 3.77. The predicted molar refractivity (Wildman–Crippen MR) is 52.6 cm³/mol. The van der Waals surface area contributed by atoms with Crippen LogP contribution in [0.2, 0.25) is 0 Å². The van der Waals surface area contributed by atoms with Crippen molar-refractivity contribution in [1.29, 1.82) is 0 Å². The molecule has 0 aromatic carbocycles. The van der Waals surface area contributed by atoms with Gasteiger partial charge in [0.15, 0.2) is 0 Å². The van der Waals surface area contributed by atoms with Crippen LogP contribution in [0.3, 0.4) is 0 Å². The Bertz CT molecular complexity index is 253. The molecular weight excluding hydrogens is 164 g/mol. The van der Waals surface area contributed by atoms with Crippen LogP contribution in [0.5, 0.6) is 0 Å². The van der Waals surface area contributed by atoms with E-state index in [4.69, 9.17) is 5.11 Å². The summed E-state index contributed by atoms with van der Waals surface area (Å²) < 4.78 is 1.94. The van der Waals surface area contributed by atoms with Crippen LogP contribution >= 0.6 is 0 Å². The van der Waals surface area contributed by atoms with Crippen molar-refractivity contribution >= 4 is 0 Å². The molecule has 0 spiro atoms. The van der Waals surface area contributed by atoms with Crippen LogP contribution in [0.4, 0.5) is 0 Å². The lowest BCUT2D eigenvalue weighted by Gasteiger charge is -2.04. The van der Waals surface area contributed by atoms with Crippen molar-refractivity contribution in [3.63, 3.8) is 0 Å². The molecule has 1 aromatic rings. The molecule has 1 aromatic heterocycles. The summed E-state index contributed by atoms with van der Waals surface area (Å²) in [5.74, 6) is 0. The Morgan fingerprint density at radius 2 is 2.15 bits per heavy atom. The fourth-order valence-electron chi connectivity index (χ4n) is 1.16. The first-order valence-electron chi connectivity index (χ1n) is 4.81. The quantitative estimate of drug-likeness (QED) is 0.770. The zero-order valence-electron chi connectivity index (χ0n) is 8.57. The molecule has 0 saturated heterocycles. The first-order valence-corrected chi connectivity index (χ1v) is 4.81. The van der Waals surface area contributed by atoms with Crippen LogP contribution in [0.1, 0.15) is 38.9 Å². The molecular formula is C10H18N2O. The molecule has 1 atom stereocenters. The molecule has 3 heteroatoms. The van der Waals surface area contributed by atoms with Crippen molar-refractivity contribution in [2.75, 3.05) is 0 Å². The van der Waals surface area contributed by atoms with E-state index in [0.717, 1.165) is 18.5 Å². The van der Waals surface area contributed by atoms with Gasteiger partial charge in [-0.05, 0) is 39.7 Å². The summed E-state index contributed by atoms with van der Waals surface area (Å²) in [6, 6.07) is 2.43. The van der Waals surface area contributed by atoms with Crippen molar-refractivity contribution in [2.45, 2.75) is 45.8 Å². The average Bonchev–Trinajstić information content (AvgIpc) is 2.48. The zero-order valence-corrected chi connectivity index (χ0v) is 8.57. The minimum atomic E-state index is -0.232. The molecule has 74 valence electrons. The molecule has 0 aliphatic carbocycles. The van der Waals surface area contributed by atoms with Crippen LogP contribution in [0.15, 0.2) is 12.3 Å². The Morgan fingerprint density at radius 1 is 1.46 bits per heavy atom. The second kappa shape index (κ2) is 4.42. The van der Waals surface area contributed by atoms with Gasteiger partial charge in [-0.3, -0.25) is 4.68 Å². The third kappa shape index (κ3) is 3.19. The Morgan fingerprint density at radius 3 is 2.62 bits per heavy atom. The molecule has 0 fully saturated rings. The van der Waals surface area contributed by atoms with Crippen molar-refractivity contribution < 1.29 is 5.11 Å². The van der Waals surface area contributed by atoms with Gasteiger partial charge < -0.3 is 5.11 Å². The van der Waals surface area contributed by atoms with Gasteiger partial charge >= 0.3 is 0 Å². The molecule has 1 heterocycles. The monoisotopic (exact) mass is 182 g/mol. The highest BCUT2D eigenvalue weighted by atomic mass is 16.3. The topological polar surface area (TPSA) is 38.0 Å². The SMILES string of the molecule is CC(O)CCc1ccn(C(C)C)n1. The summed E-state index contributed by atoms with van der Waals surface area (Å²) in [6.45, 7) is 6.01. The van der Waals surface area contributed by atoms with E-state index in [2.05, 4.69) is 18.9 Å². The zero-order chi connectivity index (χ0) is 9.84. The molecule has 0 bridgehead atoms. The molecule has 3 nitrogen and oxygen atoms in total. The minimum Gasteiger partial charge on any atom is -0.393 e. The summed E-state index contributed by atoms with van der Waals surface area (Å²) >= 11 is 0. The van der Waals surface area contributed by atoms with Crippen LogP contribution < -0.4 is 0 Å². The molecule has 1 N–H and O–H groups in total. The van der Waals surface area contributed by atoms with Gasteiger partial charge in [0.25, 0.3) is 0 Å². The van der Waals surface area contributed by atoms with E-state index in [1.807, 2.05) is 16.9 Å². The maximum absolute atomic E-state index is 9.10. The first kappa shape index (κ1) is 10.3. The lowest BCUT2D eigenvalue weighted by molar-refractivity contribution is 0.184. The molecule has 1 unspecified atom stereocenters. The van der Waals surface area contributed by atoms with E-state index < -0.39 is 0 Å². The fraction of sp³-hybridized carbons (Fsp3) is 0.700.